The molecule has 2 saturated heterocycles. The normalized spacial score (nSPS) is 26.4. The Balaban J connectivity index is 1.52. The summed E-state index contributed by atoms with van der Waals surface area (Å²) >= 11 is 0. The second kappa shape index (κ2) is 4.19. The molecule has 90 valence electrons. The largest absolute Gasteiger partial charge is 0.446 e. The van der Waals surface area contributed by atoms with Crippen LogP contribution < -0.4 is 0 Å². The van der Waals surface area contributed by atoms with Crippen LogP contribution in [0.3, 0.4) is 0 Å². The number of amides is 2. The highest BCUT2D eigenvalue weighted by Gasteiger charge is 2.36. The second-order valence-electron chi connectivity index (χ2n) is 4.23. The molecule has 6 heteroatoms. The zero-order chi connectivity index (χ0) is 11.7. The van der Waals surface area contributed by atoms with Gasteiger partial charge in [-0.1, -0.05) is 0 Å². The molecule has 2 unspecified atom stereocenters. The van der Waals surface area contributed by atoms with Gasteiger partial charge in [0.15, 0.2) is 0 Å². The van der Waals surface area contributed by atoms with Gasteiger partial charge in [0.2, 0.25) is 0 Å². The van der Waals surface area contributed by atoms with Crippen molar-refractivity contribution in [1.82, 2.24) is 9.80 Å². The first-order valence-corrected chi connectivity index (χ1v) is 5.46. The fourth-order valence-corrected chi connectivity index (χ4v) is 1.41. The standard InChI is InChI=1S/C10H16N2O4/c1-7-5-11(7)9(13)15-3-4-16-10(14)12-6-8(12)2/h7-8H,3-6H2,1-2H3. The van der Waals surface area contributed by atoms with Crippen LogP contribution in [0.25, 0.3) is 0 Å². The zero-order valence-corrected chi connectivity index (χ0v) is 9.51. The Morgan fingerprint density at radius 3 is 1.56 bits per heavy atom. The van der Waals surface area contributed by atoms with Crippen molar-refractivity contribution >= 4 is 12.2 Å². The van der Waals surface area contributed by atoms with E-state index in [9.17, 15) is 9.59 Å². The van der Waals surface area contributed by atoms with Gasteiger partial charge in [0.25, 0.3) is 0 Å². The van der Waals surface area contributed by atoms with Crippen LogP contribution in [-0.4, -0.2) is 60.4 Å². The Bertz CT molecular complexity index is 277. The molecule has 0 aliphatic carbocycles. The number of carbonyl (C=O) groups is 2. The lowest BCUT2D eigenvalue weighted by molar-refractivity contribution is 0.0805. The maximum Gasteiger partial charge on any atom is 0.410 e. The number of hydrogen-bond acceptors (Lipinski definition) is 4. The quantitative estimate of drug-likeness (QED) is 0.526. The fraction of sp³-hybridized carbons (Fsp3) is 0.800. The van der Waals surface area contributed by atoms with E-state index in [1.807, 2.05) is 13.8 Å². The van der Waals surface area contributed by atoms with Gasteiger partial charge in [0.1, 0.15) is 13.2 Å². The molecule has 2 fully saturated rings. The van der Waals surface area contributed by atoms with Crippen molar-refractivity contribution in [3.8, 4) is 0 Å². The molecule has 0 N–H and O–H groups in total. The van der Waals surface area contributed by atoms with E-state index in [0.29, 0.717) is 0 Å². The van der Waals surface area contributed by atoms with E-state index in [1.165, 1.54) is 0 Å². The van der Waals surface area contributed by atoms with Crippen molar-refractivity contribution < 1.29 is 19.1 Å². The minimum absolute atomic E-state index is 0.121. The van der Waals surface area contributed by atoms with Gasteiger partial charge in [-0.05, 0) is 13.8 Å². The molecule has 16 heavy (non-hydrogen) atoms. The van der Waals surface area contributed by atoms with E-state index >= 15 is 0 Å². The molecule has 2 rings (SSSR count). The SMILES string of the molecule is CC1CN1C(=O)OCCOC(=O)N1CC1C. The first kappa shape index (κ1) is 11.0. The van der Waals surface area contributed by atoms with Crippen LogP contribution in [-0.2, 0) is 9.47 Å². The van der Waals surface area contributed by atoms with Crippen LogP contribution in [0.5, 0.6) is 0 Å². The molecule has 6 nitrogen and oxygen atoms in total. The third kappa shape index (κ3) is 2.56. The summed E-state index contributed by atoms with van der Waals surface area (Å²) in [5.74, 6) is 0. The van der Waals surface area contributed by atoms with Crippen LogP contribution in [0.1, 0.15) is 13.8 Å². The van der Waals surface area contributed by atoms with E-state index in [4.69, 9.17) is 9.47 Å². The maximum absolute atomic E-state index is 11.2. The lowest BCUT2D eigenvalue weighted by Gasteiger charge is -2.07. The van der Waals surface area contributed by atoms with E-state index in [1.54, 1.807) is 9.80 Å². The molecule has 2 amide bonds. The predicted molar refractivity (Wildman–Crippen MR) is 55.0 cm³/mol. The van der Waals surface area contributed by atoms with E-state index in [2.05, 4.69) is 0 Å². The van der Waals surface area contributed by atoms with E-state index in [0.717, 1.165) is 13.1 Å². The number of ether oxygens (including phenoxy) is 2. The fourth-order valence-electron chi connectivity index (χ4n) is 1.41. The molecule has 0 aromatic carbocycles. The average Bonchev–Trinajstić information content (AvgIpc) is 3.11. The van der Waals surface area contributed by atoms with Crippen LogP contribution in [0.4, 0.5) is 9.59 Å². The van der Waals surface area contributed by atoms with Crippen molar-refractivity contribution in [2.45, 2.75) is 25.9 Å². The Hall–Kier alpha value is -1.46. The van der Waals surface area contributed by atoms with Gasteiger partial charge in [-0.2, -0.15) is 0 Å². The van der Waals surface area contributed by atoms with Gasteiger partial charge < -0.3 is 19.3 Å². The summed E-state index contributed by atoms with van der Waals surface area (Å²) in [4.78, 5) is 25.6. The van der Waals surface area contributed by atoms with Crippen LogP contribution in [0.15, 0.2) is 0 Å². The Kier molecular flexibility index (Phi) is 2.89. The first-order valence-electron chi connectivity index (χ1n) is 5.46. The summed E-state index contributed by atoms with van der Waals surface area (Å²) in [7, 11) is 0. The Labute approximate surface area is 94.1 Å². The molecule has 0 spiro atoms. The molecule has 2 atom stereocenters. The number of carbonyl (C=O) groups excluding carboxylic acids is 2. The summed E-state index contributed by atoms with van der Waals surface area (Å²) in [6.07, 6.45) is -0.660. The van der Waals surface area contributed by atoms with Crippen molar-refractivity contribution in [3.63, 3.8) is 0 Å². The van der Waals surface area contributed by atoms with Gasteiger partial charge in [0.05, 0.1) is 12.1 Å². The topological polar surface area (TPSA) is 58.6 Å². The number of nitrogens with zero attached hydrogens (tertiary/aromatic N) is 2. The lowest BCUT2D eigenvalue weighted by atomic mass is 10.6. The third-order valence-corrected chi connectivity index (χ3v) is 2.72. The van der Waals surface area contributed by atoms with E-state index < -0.39 is 0 Å². The molecular formula is C10H16N2O4. The number of hydrogen-bond donors (Lipinski definition) is 0. The minimum Gasteiger partial charge on any atom is -0.446 e. The molecule has 0 aromatic rings. The highest BCUT2D eigenvalue weighted by atomic mass is 16.6. The summed E-state index contributed by atoms with van der Waals surface area (Å²) in [6, 6.07) is 0.571. The summed E-state index contributed by atoms with van der Waals surface area (Å²) in [5.41, 5.74) is 0. The molecule has 2 heterocycles. The third-order valence-electron chi connectivity index (χ3n) is 2.72. The minimum atomic E-state index is -0.330. The van der Waals surface area contributed by atoms with Crippen molar-refractivity contribution in [2.24, 2.45) is 0 Å². The summed E-state index contributed by atoms with van der Waals surface area (Å²) in [6.45, 7) is 5.64. The van der Waals surface area contributed by atoms with Crippen molar-refractivity contribution in [2.75, 3.05) is 26.3 Å². The van der Waals surface area contributed by atoms with Crippen LogP contribution in [0, 0.1) is 0 Å². The van der Waals surface area contributed by atoms with E-state index in [-0.39, 0.29) is 37.5 Å². The highest BCUT2D eigenvalue weighted by molar-refractivity contribution is 5.71. The van der Waals surface area contributed by atoms with Crippen molar-refractivity contribution in [1.29, 1.82) is 0 Å². The Morgan fingerprint density at radius 2 is 1.31 bits per heavy atom. The summed E-state index contributed by atoms with van der Waals surface area (Å²) < 4.78 is 9.81. The van der Waals surface area contributed by atoms with Crippen molar-refractivity contribution in [3.05, 3.63) is 0 Å². The molecule has 2 aliphatic heterocycles. The summed E-state index contributed by atoms with van der Waals surface area (Å²) in [5, 5.41) is 0. The molecule has 2 aliphatic rings. The monoisotopic (exact) mass is 228 g/mol. The highest BCUT2D eigenvalue weighted by Crippen LogP contribution is 2.18. The molecule has 0 bridgehead atoms. The average molecular weight is 228 g/mol. The van der Waals surface area contributed by atoms with Gasteiger partial charge in [-0.25, -0.2) is 9.59 Å². The maximum atomic E-state index is 11.2. The molecular weight excluding hydrogens is 212 g/mol. The van der Waals surface area contributed by atoms with Gasteiger partial charge in [-0.3, -0.25) is 0 Å². The van der Waals surface area contributed by atoms with Gasteiger partial charge >= 0.3 is 12.2 Å². The predicted octanol–water partition coefficient (Wildman–Crippen LogP) is 0.668. The smallest absolute Gasteiger partial charge is 0.410 e. The van der Waals surface area contributed by atoms with Gasteiger partial charge in [-0.15, -0.1) is 0 Å². The van der Waals surface area contributed by atoms with Crippen LogP contribution in [0.2, 0.25) is 0 Å². The lowest BCUT2D eigenvalue weighted by Crippen LogP contribution is -2.21. The first-order chi connectivity index (χ1) is 7.59. The molecule has 0 saturated carbocycles. The Morgan fingerprint density at radius 1 is 1.00 bits per heavy atom. The zero-order valence-electron chi connectivity index (χ0n) is 9.51. The van der Waals surface area contributed by atoms with Crippen LogP contribution >= 0.6 is 0 Å². The van der Waals surface area contributed by atoms with Gasteiger partial charge in [0, 0.05) is 13.1 Å². The number of rotatable bonds is 3. The molecule has 0 aromatic heterocycles. The molecule has 0 radical (unpaired) electrons. The second-order valence-corrected chi connectivity index (χ2v) is 4.23.